The van der Waals surface area contributed by atoms with Crippen LogP contribution in [0.3, 0.4) is 0 Å². The highest BCUT2D eigenvalue weighted by atomic mass is 32.2. The van der Waals surface area contributed by atoms with Gasteiger partial charge in [0.1, 0.15) is 4.83 Å². The smallest absolute Gasteiger partial charge is 0.262 e. The summed E-state index contributed by atoms with van der Waals surface area (Å²) in [6, 6.07) is 8.60. The van der Waals surface area contributed by atoms with Gasteiger partial charge in [-0.2, -0.15) is 0 Å². The topological polar surface area (TPSA) is 81.1 Å². The minimum atomic E-state index is -0.265. The van der Waals surface area contributed by atoms with Crippen LogP contribution in [-0.2, 0) is 11.8 Å². The number of para-hydroxylation sites is 1. The van der Waals surface area contributed by atoms with Crippen LogP contribution < -0.4 is 10.9 Å². The van der Waals surface area contributed by atoms with E-state index in [1.54, 1.807) is 37.4 Å². The average Bonchev–Trinajstić information content (AvgIpc) is 3.05. The maximum Gasteiger partial charge on any atom is 0.262 e. The van der Waals surface area contributed by atoms with Gasteiger partial charge in [-0.05, 0) is 30.5 Å². The second-order valence-electron chi connectivity index (χ2n) is 5.34. The summed E-state index contributed by atoms with van der Waals surface area (Å²) >= 11 is 2.57. The Hall–Kier alpha value is -2.45. The number of rotatable bonds is 5. The molecule has 25 heavy (non-hydrogen) atoms. The molecule has 1 N–H and O–H groups in total. The Bertz CT molecular complexity index is 1020. The molecule has 0 fully saturated rings. The molecule has 1 aromatic carbocycles. The molecule has 0 aliphatic heterocycles. The first-order valence-corrected chi connectivity index (χ1v) is 9.30. The van der Waals surface area contributed by atoms with Crippen LogP contribution in [0, 0.1) is 0 Å². The highest BCUT2D eigenvalue weighted by Gasteiger charge is 2.13. The third kappa shape index (κ3) is 3.64. The Labute approximate surface area is 151 Å². The lowest BCUT2D eigenvalue weighted by Crippen LogP contribution is -2.21. The fourth-order valence-corrected chi connectivity index (χ4v) is 3.90. The van der Waals surface area contributed by atoms with E-state index in [0.717, 1.165) is 0 Å². The van der Waals surface area contributed by atoms with Crippen molar-refractivity contribution in [3.05, 3.63) is 51.6 Å². The summed E-state index contributed by atoms with van der Waals surface area (Å²) in [6.07, 6.45) is 0. The van der Waals surface area contributed by atoms with Gasteiger partial charge >= 0.3 is 0 Å². The molecule has 128 valence electrons. The lowest BCUT2D eigenvalue weighted by atomic mass is 10.1. The molecule has 0 aliphatic carbocycles. The van der Waals surface area contributed by atoms with Gasteiger partial charge in [-0.1, -0.05) is 23.9 Å². The minimum absolute atomic E-state index is 0.0867. The summed E-state index contributed by atoms with van der Waals surface area (Å²) in [6.45, 7) is 1.45. The van der Waals surface area contributed by atoms with Gasteiger partial charge < -0.3 is 5.32 Å². The Morgan fingerprint density at radius 3 is 2.80 bits per heavy atom. The second kappa shape index (κ2) is 7.20. The molecule has 0 unspecified atom stereocenters. The van der Waals surface area contributed by atoms with E-state index in [1.807, 2.05) is 5.38 Å². The quantitative estimate of drug-likeness (QED) is 0.422. The summed E-state index contributed by atoms with van der Waals surface area (Å²) in [5.74, 6) is -0.293. The first-order chi connectivity index (χ1) is 12.0. The van der Waals surface area contributed by atoms with E-state index in [1.165, 1.54) is 34.6 Å². The van der Waals surface area contributed by atoms with Gasteiger partial charge in [0.25, 0.3) is 5.56 Å². The van der Waals surface area contributed by atoms with Crippen molar-refractivity contribution >= 4 is 50.7 Å². The van der Waals surface area contributed by atoms with Crippen LogP contribution in [-0.4, -0.2) is 27.0 Å². The third-order valence-corrected chi connectivity index (χ3v) is 5.41. The fourth-order valence-electron chi connectivity index (χ4n) is 2.32. The SMILES string of the molecule is CC(=O)c1ccccc1NC(=O)CSc1nc2sccc2c(=O)n1C. The number of nitrogens with zero attached hydrogens (tertiary/aromatic N) is 2. The second-order valence-corrected chi connectivity index (χ2v) is 7.17. The Kier molecular flexibility index (Phi) is 5.00. The van der Waals surface area contributed by atoms with Crippen molar-refractivity contribution < 1.29 is 9.59 Å². The molecule has 0 radical (unpaired) electrons. The monoisotopic (exact) mass is 373 g/mol. The number of fused-ring (bicyclic) bond motifs is 1. The van der Waals surface area contributed by atoms with Crippen LogP contribution in [0.2, 0.25) is 0 Å². The molecule has 2 heterocycles. The van der Waals surface area contributed by atoms with Crippen LogP contribution in [0.1, 0.15) is 17.3 Å². The predicted molar refractivity (Wildman–Crippen MR) is 101 cm³/mol. The van der Waals surface area contributed by atoms with Gasteiger partial charge in [0.05, 0.1) is 16.8 Å². The zero-order valence-electron chi connectivity index (χ0n) is 13.6. The van der Waals surface area contributed by atoms with Gasteiger partial charge in [0.15, 0.2) is 10.9 Å². The summed E-state index contributed by atoms with van der Waals surface area (Å²) in [7, 11) is 1.64. The molecule has 0 saturated heterocycles. The van der Waals surface area contributed by atoms with Crippen LogP contribution in [0.25, 0.3) is 10.2 Å². The lowest BCUT2D eigenvalue weighted by Gasteiger charge is -2.10. The van der Waals surface area contributed by atoms with E-state index in [0.29, 0.717) is 26.6 Å². The predicted octanol–water partition coefficient (Wildman–Crippen LogP) is 2.93. The largest absolute Gasteiger partial charge is 0.325 e. The van der Waals surface area contributed by atoms with Gasteiger partial charge in [0.2, 0.25) is 5.91 Å². The molecule has 3 aromatic rings. The number of hydrogen-bond acceptors (Lipinski definition) is 6. The van der Waals surface area contributed by atoms with Crippen LogP contribution in [0.4, 0.5) is 5.69 Å². The third-order valence-electron chi connectivity index (χ3n) is 3.58. The van der Waals surface area contributed by atoms with Crippen molar-refractivity contribution in [1.29, 1.82) is 0 Å². The number of benzene rings is 1. The number of thioether (sulfide) groups is 1. The Morgan fingerprint density at radius 2 is 2.04 bits per heavy atom. The maximum atomic E-state index is 12.2. The van der Waals surface area contributed by atoms with E-state index in [-0.39, 0.29) is 23.0 Å². The number of aromatic nitrogens is 2. The maximum absolute atomic E-state index is 12.2. The molecular formula is C17H15N3O3S2. The number of nitrogens with one attached hydrogen (secondary N) is 1. The van der Waals surface area contributed by atoms with E-state index in [4.69, 9.17) is 0 Å². The minimum Gasteiger partial charge on any atom is -0.325 e. The molecule has 0 atom stereocenters. The van der Waals surface area contributed by atoms with Gasteiger partial charge in [-0.15, -0.1) is 11.3 Å². The number of thiophene rings is 1. The fraction of sp³-hybridized carbons (Fsp3) is 0.176. The van der Waals surface area contributed by atoms with Crippen molar-refractivity contribution in [2.24, 2.45) is 7.05 Å². The van der Waals surface area contributed by atoms with Crippen LogP contribution in [0.15, 0.2) is 45.7 Å². The molecule has 0 aliphatic rings. The van der Waals surface area contributed by atoms with Crippen molar-refractivity contribution in [1.82, 2.24) is 9.55 Å². The zero-order valence-corrected chi connectivity index (χ0v) is 15.2. The zero-order chi connectivity index (χ0) is 18.0. The van der Waals surface area contributed by atoms with Gasteiger partial charge in [0, 0.05) is 12.6 Å². The molecule has 2 aromatic heterocycles. The number of ketones is 1. The number of amides is 1. The molecular weight excluding hydrogens is 358 g/mol. The number of carbonyl (C=O) groups excluding carboxylic acids is 2. The molecule has 8 heteroatoms. The summed E-state index contributed by atoms with van der Waals surface area (Å²) < 4.78 is 1.44. The van der Waals surface area contributed by atoms with E-state index in [2.05, 4.69) is 10.3 Å². The average molecular weight is 373 g/mol. The Balaban J connectivity index is 1.74. The van der Waals surface area contributed by atoms with Crippen molar-refractivity contribution in [2.45, 2.75) is 12.1 Å². The molecule has 0 spiro atoms. The number of carbonyl (C=O) groups is 2. The van der Waals surface area contributed by atoms with E-state index in [9.17, 15) is 14.4 Å². The van der Waals surface area contributed by atoms with Crippen LogP contribution in [0.5, 0.6) is 0 Å². The lowest BCUT2D eigenvalue weighted by molar-refractivity contribution is -0.113. The molecule has 0 saturated carbocycles. The van der Waals surface area contributed by atoms with E-state index >= 15 is 0 Å². The van der Waals surface area contributed by atoms with Gasteiger partial charge in [-0.25, -0.2) is 4.98 Å². The highest BCUT2D eigenvalue weighted by molar-refractivity contribution is 7.99. The summed E-state index contributed by atoms with van der Waals surface area (Å²) in [4.78, 5) is 41.2. The number of hydrogen-bond donors (Lipinski definition) is 1. The highest BCUT2D eigenvalue weighted by Crippen LogP contribution is 2.21. The summed E-state index contributed by atoms with van der Waals surface area (Å²) in [5.41, 5.74) is 0.818. The number of Topliss-reactive ketones (excluding diaryl/α,β-unsaturated/α-hetero) is 1. The standard InChI is InChI=1S/C17H15N3O3S2/c1-10(21)11-5-3-4-6-13(11)18-14(22)9-25-17-19-15-12(7-8-24-15)16(23)20(17)2/h3-8H,9H2,1-2H3,(H,18,22). The number of anilines is 1. The normalized spacial score (nSPS) is 10.8. The van der Waals surface area contributed by atoms with Crippen molar-refractivity contribution in [3.8, 4) is 0 Å². The molecule has 1 amide bonds. The van der Waals surface area contributed by atoms with E-state index < -0.39 is 0 Å². The first-order valence-electron chi connectivity index (χ1n) is 7.44. The molecule has 3 rings (SSSR count). The van der Waals surface area contributed by atoms with Gasteiger partial charge in [-0.3, -0.25) is 19.0 Å². The molecule has 6 nitrogen and oxygen atoms in total. The Morgan fingerprint density at radius 1 is 1.28 bits per heavy atom. The van der Waals surface area contributed by atoms with Crippen molar-refractivity contribution in [3.63, 3.8) is 0 Å². The van der Waals surface area contributed by atoms with Crippen molar-refractivity contribution in [2.75, 3.05) is 11.1 Å². The van der Waals surface area contributed by atoms with Crippen LogP contribution >= 0.6 is 23.1 Å². The first kappa shape index (κ1) is 17.4. The molecule has 0 bridgehead atoms. The summed E-state index contributed by atoms with van der Waals surface area (Å²) in [5, 5.41) is 5.62.